The molecule has 1 aromatic carbocycles. The lowest BCUT2D eigenvalue weighted by molar-refractivity contribution is 0.00578. The molecule has 1 heterocycles. The molecule has 1 fully saturated rings. The number of halogens is 2. The first kappa shape index (κ1) is 13.4. The van der Waals surface area contributed by atoms with Crippen molar-refractivity contribution in [2.45, 2.75) is 38.9 Å². The van der Waals surface area contributed by atoms with E-state index >= 15 is 0 Å². The molecule has 0 N–H and O–H groups in total. The second kappa shape index (κ2) is 4.27. The lowest BCUT2D eigenvalue weighted by Crippen LogP contribution is -2.41. The maximum Gasteiger partial charge on any atom is 0.494 e. The maximum atomic E-state index is 5.97. The molecule has 0 amide bonds. The molecule has 1 aromatic rings. The first-order chi connectivity index (χ1) is 7.73. The molecule has 0 atom stereocenters. The van der Waals surface area contributed by atoms with E-state index in [-0.39, 0.29) is 18.3 Å². The van der Waals surface area contributed by atoms with Gasteiger partial charge in [0.1, 0.15) is 0 Å². The van der Waals surface area contributed by atoms with Gasteiger partial charge < -0.3 is 9.31 Å². The predicted molar refractivity (Wildman–Crippen MR) is 74.9 cm³/mol. The summed E-state index contributed by atoms with van der Waals surface area (Å²) in [7, 11) is -0.339. The summed E-state index contributed by atoms with van der Waals surface area (Å²) < 4.78 is 12.8. The zero-order chi connectivity index (χ0) is 12.8. The normalized spacial score (nSPS) is 21.9. The smallest absolute Gasteiger partial charge is 0.399 e. The van der Waals surface area contributed by atoms with Crippen LogP contribution in [0, 0.1) is 0 Å². The minimum absolute atomic E-state index is 0.316. The average molecular weight is 317 g/mol. The fourth-order valence-electron chi connectivity index (χ4n) is 1.64. The molecule has 0 radical (unpaired) electrons. The number of hydrogen-bond donors (Lipinski definition) is 0. The molecule has 0 spiro atoms. The van der Waals surface area contributed by atoms with Crippen molar-refractivity contribution in [3.8, 4) is 0 Å². The van der Waals surface area contributed by atoms with Crippen LogP contribution in [0.4, 0.5) is 0 Å². The van der Waals surface area contributed by atoms with E-state index in [1.165, 1.54) is 0 Å². The number of rotatable bonds is 1. The fraction of sp³-hybridized carbons (Fsp3) is 0.500. The summed E-state index contributed by atoms with van der Waals surface area (Å²) >= 11 is 9.38. The quantitative estimate of drug-likeness (QED) is 0.739. The van der Waals surface area contributed by atoms with Crippen LogP contribution in [-0.2, 0) is 9.31 Å². The second-order valence-corrected chi connectivity index (χ2v) is 6.52. The first-order valence-corrected chi connectivity index (χ1v) is 6.71. The summed E-state index contributed by atoms with van der Waals surface area (Å²) in [6.07, 6.45) is 0. The molecule has 2 rings (SSSR count). The van der Waals surface area contributed by atoms with E-state index in [2.05, 4.69) is 15.9 Å². The van der Waals surface area contributed by atoms with Crippen LogP contribution in [0.15, 0.2) is 22.7 Å². The number of hydrogen-bond acceptors (Lipinski definition) is 2. The van der Waals surface area contributed by atoms with Gasteiger partial charge in [0.2, 0.25) is 0 Å². The van der Waals surface area contributed by atoms with Crippen LogP contribution in [0.2, 0.25) is 5.02 Å². The summed E-state index contributed by atoms with van der Waals surface area (Å²) in [5, 5.41) is 0.685. The lowest BCUT2D eigenvalue weighted by atomic mass is 9.79. The largest absolute Gasteiger partial charge is 0.494 e. The molecule has 0 aliphatic carbocycles. The first-order valence-electron chi connectivity index (χ1n) is 5.53. The predicted octanol–water partition coefficient (Wildman–Crippen LogP) is 3.40. The van der Waals surface area contributed by atoms with Crippen LogP contribution in [0.1, 0.15) is 27.7 Å². The Morgan fingerprint density at radius 3 is 2.12 bits per heavy atom. The van der Waals surface area contributed by atoms with Gasteiger partial charge >= 0.3 is 7.12 Å². The summed E-state index contributed by atoms with van der Waals surface area (Å²) in [4.78, 5) is 0. The van der Waals surface area contributed by atoms with E-state index in [0.717, 1.165) is 9.94 Å². The van der Waals surface area contributed by atoms with Gasteiger partial charge in [-0.3, -0.25) is 0 Å². The molecule has 5 heteroatoms. The van der Waals surface area contributed by atoms with Gasteiger partial charge in [-0.15, -0.1) is 0 Å². The van der Waals surface area contributed by atoms with Crippen molar-refractivity contribution in [1.82, 2.24) is 0 Å². The molecule has 1 aliphatic rings. The summed E-state index contributed by atoms with van der Waals surface area (Å²) in [5.41, 5.74) is 0.341. The Hall–Kier alpha value is -0.0251. The van der Waals surface area contributed by atoms with Crippen LogP contribution in [0.25, 0.3) is 0 Å². The molecule has 2 nitrogen and oxygen atoms in total. The third-order valence-electron chi connectivity index (χ3n) is 3.47. The standard InChI is InChI=1S/C12H15BBrClO2/c1-11(2)12(3,4)17-13(16-11)8-5-6-10(15)9(14)7-8/h5-7H,1-4H3. The van der Waals surface area contributed by atoms with Crippen molar-refractivity contribution < 1.29 is 9.31 Å². The average Bonchev–Trinajstić information content (AvgIpc) is 2.41. The van der Waals surface area contributed by atoms with Gasteiger partial charge in [-0.05, 0) is 61.2 Å². The van der Waals surface area contributed by atoms with Crippen molar-refractivity contribution in [3.05, 3.63) is 27.7 Å². The van der Waals surface area contributed by atoms with Crippen LogP contribution >= 0.6 is 27.5 Å². The van der Waals surface area contributed by atoms with E-state index in [0.29, 0.717) is 5.02 Å². The van der Waals surface area contributed by atoms with Gasteiger partial charge in [0.05, 0.1) is 16.2 Å². The Kier molecular flexibility index (Phi) is 3.37. The van der Waals surface area contributed by atoms with Gasteiger partial charge in [0.25, 0.3) is 0 Å². The van der Waals surface area contributed by atoms with Crippen molar-refractivity contribution >= 4 is 40.1 Å². The molecule has 0 aromatic heterocycles. The highest BCUT2D eigenvalue weighted by Gasteiger charge is 2.51. The topological polar surface area (TPSA) is 18.5 Å². The van der Waals surface area contributed by atoms with Gasteiger partial charge in [0.15, 0.2) is 0 Å². The zero-order valence-corrected chi connectivity index (χ0v) is 12.7. The minimum atomic E-state index is -0.339. The maximum absolute atomic E-state index is 5.97. The summed E-state index contributed by atoms with van der Waals surface area (Å²) in [5.74, 6) is 0. The van der Waals surface area contributed by atoms with Gasteiger partial charge in [-0.2, -0.15) is 0 Å². The van der Waals surface area contributed by atoms with Crippen molar-refractivity contribution in [1.29, 1.82) is 0 Å². The Morgan fingerprint density at radius 2 is 1.65 bits per heavy atom. The molecule has 92 valence electrons. The molecule has 17 heavy (non-hydrogen) atoms. The Bertz CT molecular complexity index is 432. The zero-order valence-electron chi connectivity index (χ0n) is 10.4. The Morgan fingerprint density at radius 1 is 1.12 bits per heavy atom. The fourth-order valence-corrected chi connectivity index (χ4v) is 2.15. The van der Waals surface area contributed by atoms with Gasteiger partial charge in [-0.25, -0.2) is 0 Å². The van der Waals surface area contributed by atoms with E-state index in [1.807, 2.05) is 45.9 Å². The van der Waals surface area contributed by atoms with E-state index in [4.69, 9.17) is 20.9 Å². The van der Waals surface area contributed by atoms with Crippen molar-refractivity contribution in [2.75, 3.05) is 0 Å². The van der Waals surface area contributed by atoms with Crippen LogP contribution in [-0.4, -0.2) is 18.3 Å². The number of benzene rings is 1. The van der Waals surface area contributed by atoms with Crippen LogP contribution in [0.3, 0.4) is 0 Å². The molecule has 1 saturated heterocycles. The highest BCUT2D eigenvalue weighted by molar-refractivity contribution is 9.10. The van der Waals surface area contributed by atoms with E-state index in [9.17, 15) is 0 Å². The van der Waals surface area contributed by atoms with Gasteiger partial charge in [0, 0.05) is 4.47 Å². The Labute approximate surface area is 116 Å². The summed E-state index contributed by atoms with van der Waals surface area (Å²) in [6.45, 7) is 8.16. The third kappa shape index (κ3) is 2.41. The lowest BCUT2D eigenvalue weighted by Gasteiger charge is -2.32. The highest BCUT2D eigenvalue weighted by Crippen LogP contribution is 2.36. The highest BCUT2D eigenvalue weighted by atomic mass is 79.9. The SMILES string of the molecule is CC1(C)OB(c2ccc(Cl)c(Br)c2)OC1(C)C. The van der Waals surface area contributed by atoms with E-state index in [1.54, 1.807) is 0 Å². The molecule has 0 unspecified atom stereocenters. The summed E-state index contributed by atoms with van der Waals surface area (Å²) in [6, 6.07) is 5.70. The van der Waals surface area contributed by atoms with Gasteiger partial charge in [-0.1, -0.05) is 17.7 Å². The molecule has 1 aliphatic heterocycles. The second-order valence-electron chi connectivity index (χ2n) is 5.26. The third-order valence-corrected chi connectivity index (χ3v) is 4.68. The van der Waals surface area contributed by atoms with Crippen LogP contribution < -0.4 is 5.46 Å². The molecule has 0 bridgehead atoms. The van der Waals surface area contributed by atoms with Crippen molar-refractivity contribution in [2.24, 2.45) is 0 Å². The Balaban J connectivity index is 2.29. The monoisotopic (exact) mass is 316 g/mol. The van der Waals surface area contributed by atoms with Crippen LogP contribution in [0.5, 0.6) is 0 Å². The van der Waals surface area contributed by atoms with E-state index < -0.39 is 0 Å². The molecule has 0 saturated carbocycles. The minimum Gasteiger partial charge on any atom is -0.399 e. The molecular weight excluding hydrogens is 302 g/mol. The molecular formula is C12H15BBrClO2. The van der Waals surface area contributed by atoms with Crippen molar-refractivity contribution in [3.63, 3.8) is 0 Å².